The van der Waals surface area contributed by atoms with Gasteiger partial charge in [-0.05, 0) is 43.7 Å². The van der Waals surface area contributed by atoms with Crippen LogP contribution in [0.2, 0.25) is 0 Å². The summed E-state index contributed by atoms with van der Waals surface area (Å²) in [6.07, 6.45) is 1.44. The number of aryl methyl sites for hydroxylation is 1. The summed E-state index contributed by atoms with van der Waals surface area (Å²) in [5.41, 5.74) is -0.911. The van der Waals surface area contributed by atoms with E-state index in [9.17, 15) is 9.59 Å². The van der Waals surface area contributed by atoms with Gasteiger partial charge in [0.2, 0.25) is 5.76 Å². The van der Waals surface area contributed by atoms with Crippen LogP contribution < -0.4 is 10.1 Å². The lowest BCUT2D eigenvalue weighted by Gasteiger charge is -2.31. The van der Waals surface area contributed by atoms with E-state index in [0.717, 1.165) is 0 Å². The van der Waals surface area contributed by atoms with Gasteiger partial charge in [-0.3, -0.25) is 9.59 Å². The Morgan fingerprint density at radius 2 is 1.93 bits per heavy atom. The largest absolute Gasteiger partial charge is 0.478 e. The number of piperidine rings is 1. The van der Waals surface area contributed by atoms with Crippen molar-refractivity contribution in [2.24, 2.45) is 17.8 Å². The molecule has 1 saturated carbocycles. The average molecular weight is 383 g/mol. The summed E-state index contributed by atoms with van der Waals surface area (Å²) < 4.78 is 11.2. The molecule has 1 aliphatic heterocycles. The molecule has 2 heterocycles. The predicted octanol–water partition coefficient (Wildman–Crippen LogP) is 2.27. The number of aromatic nitrogens is 1. The number of carbonyl (C=O) groups excluding carboxylic acids is 2. The van der Waals surface area contributed by atoms with E-state index in [0.29, 0.717) is 49.0 Å². The molecular weight excluding hydrogens is 358 g/mol. The highest BCUT2D eigenvalue weighted by atomic mass is 16.5. The second-order valence-electron chi connectivity index (χ2n) is 8.08. The van der Waals surface area contributed by atoms with E-state index in [1.165, 1.54) is 6.20 Å². The summed E-state index contributed by atoms with van der Waals surface area (Å²) >= 11 is 0. The van der Waals surface area contributed by atoms with Crippen LogP contribution in [0.25, 0.3) is 0 Å². The molecule has 2 amide bonds. The zero-order chi connectivity index (χ0) is 19.9. The third-order valence-electron chi connectivity index (χ3n) is 5.63. The number of benzene rings is 1. The number of amides is 2. The van der Waals surface area contributed by atoms with Gasteiger partial charge < -0.3 is 19.4 Å². The summed E-state index contributed by atoms with van der Waals surface area (Å²) in [5, 5.41) is 2.91. The molecule has 2 fully saturated rings. The Bertz CT molecular complexity index is 865. The molecular formula is C21H25N3O4. The van der Waals surface area contributed by atoms with E-state index in [1.807, 2.05) is 49.1 Å². The zero-order valence-corrected chi connectivity index (χ0v) is 16.3. The Hall–Kier alpha value is -2.83. The Kier molecular flexibility index (Phi) is 4.61. The molecule has 1 unspecified atom stereocenters. The van der Waals surface area contributed by atoms with Gasteiger partial charge in [0.15, 0.2) is 11.5 Å². The molecule has 3 atom stereocenters. The molecule has 1 aliphatic carbocycles. The number of hydrogen-bond acceptors (Lipinski definition) is 5. The lowest BCUT2D eigenvalue weighted by Crippen LogP contribution is -2.49. The van der Waals surface area contributed by atoms with E-state index in [2.05, 4.69) is 10.3 Å². The molecule has 0 spiro atoms. The first-order valence-electron chi connectivity index (χ1n) is 9.59. The highest BCUT2D eigenvalue weighted by Gasteiger charge is 2.57. The lowest BCUT2D eigenvalue weighted by molar-refractivity contribution is -0.145. The number of carbonyl (C=O) groups is 2. The van der Waals surface area contributed by atoms with E-state index < -0.39 is 5.60 Å². The molecule has 2 aliphatic rings. The van der Waals surface area contributed by atoms with Crippen molar-refractivity contribution in [1.29, 1.82) is 0 Å². The molecule has 1 aromatic carbocycles. The van der Waals surface area contributed by atoms with Crippen molar-refractivity contribution in [3.8, 4) is 5.75 Å². The molecule has 0 radical (unpaired) electrons. The van der Waals surface area contributed by atoms with Crippen molar-refractivity contribution in [2.75, 3.05) is 19.6 Å². The van der Waals surface area contributed by atoms with Gasteiger partial charge in [0.05, 0.1) is 6.20 Å². The minimum absolute atomic E-state index is 0.00322. The second kappa shape index (κ2) is 6.96. The fourth-order valence-electron chi connectivity index (χ4n) is 4.09. The van der Waals surface area contributed by atoms with Crippen LogP contribution in [-0.4, -0.2) is 46.9 Å². The third kappa shape index (κ3) is 3.61. The molecule has 4 rings (SSSR count). The minimum Gasteiger partial charge on any atom is -0.478 e. The van der Waals surface area contributed by atoms with E-state index in [4.69, 9.17) is 9.15 Å². The lowest BCUT2D eigenvalue weighted by atomic mass is 10.1. The average Bonchev–Trinajstić information content (AvgIpc) is 3.02. The minimum atomic E-state index is -0.911. The van der Waals surface area contributed by atoms with Crippen LogP contribution in [0.1, 0.15) is 30.3 Å². The second-order valence-corrected chi connectivity index (χ2v) is 8.08. The van der Waals surface area contributed by atoms with Crippen LogP contribution in [0.15, 0.2) is 40.9 Å². The quantitative estimate of drug-likeness (QED) is 0.827. The summed E-state index contributed by atoms with van der Waals surface area (Å²) in [4.78, 5) is 30.8. The SMILES string of the molecule is Cc1ncc(C(=O)NCC2[C@H]3CN(C(=O)C(C)(C)Oc4ccccc4)C[C@@H]23)o1. The van der Waals surface area contributed by atoms with Crippen LogP contribution in [-0.2, 0) is 4.79 Å². The normalized spacial score (nSPS) is 23.2. The van der Waals surface area contributed by atoms with Crippen molar-refractivity contribution in [3.63, 3.8) is 0 Å². The Morgan fingerprint density at radius 1 is 1.25 bits per heavy atom. The Balaban J connectivity index is 1.26. The first kappa shape index (κ1) is 18.5. The molecule has 28 heavy (non-hydrogen) atoms. The van der Waals surface area contributed by atoms with Crippen molar-refractivity contribution < 1.29 is 18.7 Å². The number of para-hydroxylation sites is 1. The first-order valence-corrected chi connectivity index (χ1v) is 9.59. The number of oxazole rings is 1. The fourth-order valence-corrected chi connectivity index (χ4v) is 4.09. The van der Waals surface area contributed by atoms with Gasteiger partial charge in [0.1, 0.15) is 5.75 Å². The number of nitrogens with zero attached hydrogens (tertiary/aromatic N) is 2. The number of fused-ring (bicyclic) bond motifs is 1. The standard InChI is InChI=1S/C21H25N3O4/c1-13-22-10-18(27-13)19(25)23-9-15-16-11-24(12-17(15)16)20(26)21(2,3)28-14-7-5-4-6-8-14/h4-8,10,15-17H,9,11-12H2,1-3H3,(H,23,25)/t15?,16-,17+. The maximum atomic E-state index is 12.9. The summed E-state index contributed by atoms with van der Waals surface area (Å²) in [5.74, 6) is 2.45. The molecule has 1 N–H and O–H groups in total. The van der Waals surface area contributed by atoms with Crippen molar-refractivity contribution >= 4 is 11.8 Å². The Labute approximate surface area is 164 Å². The fraction of sp³-hybridized carbons (Fsp3) is 0.476. The van der Waals surface area contributed by atoms with E-state index >= 15 is 0 Å². The van der Waals surface area contributed by atoms with Crippen LogP contribution in [0.4, 0.5) is 0 Å². The van der Waals surface area contributed by atoms with Gasteiger partial charge in [0.25, 0.3) is 11.8 Å². The van der Waals surface area contributed by atoms with Crippen molar-refractivity contribution in [1.82, 2.24) is 15.2 Å². The van der Waals surface area contributed by atoms with Crippen LogP contribution in [0, 0.1) is 24.7 Å². The van der Waals surface area contributed by atoms with Gasteiger partial charge >= 0.3 is 0 Å². The number of ether oxygens (including phenoxy) is 1. The van der Waals surface area contributed by atoms with Crippen LogP contribution in [0.5, 0.6) is 5.75 Å². The molecule has 7 nitrogen and oxygen atoms in total. The first-order chi connectivity index (χ1) is 13.3. The smallest absolute Gasteiger partial charge is 0.288 e. The third-order valence-corrected chi connectivity index (χ3v) is 5.63. The molecule has 148 valence electrons. The van der Waals surface area contributed by atoms with Crippen molar-refractivity contribution in [3.05, 3.63) is 48.2 Å². The highest BCUT2D eigenvalue weighted by molar-refractivity contribution is 5.91. The highest BCUT2D eigenvalue weighted by Crippen LogP contribution is 2.51. The van der Waals surface area contributed by atoms with Crippen LogP contribution >= 0.6 is 0 Å². The number of nitrogens with one attached hydrogen (secondary N) is 1. The summed E-state index contributed by atoms with van der Waals surface area (Å²) in [6, 6.07) is 9.40. The van der Waals surface area contributed by atoms with Gasteiger partial charge in [0, 0.05) is 26.6 Å². The summed E-state index contributed by atoms with van der Waals surface area (Å²) in [6.45, 7) is 7.35. The molecule has 1 aromatic heterocycles. The molecule has 7 heteroatoms. The molecule has 1 saturated heterocycles. The van der Waals surface area contributed by atoms with Crippen LogP contribution in [0.3, 0.4) is 0 Å². The van der Waals surface area contributed by atoms with E-state index in [1.54, 1.807) is 6.92 Å². The zero-order valence-electron chi connectivity index (χ0n) is 16.3. The van der Waals surface area contributed by atoms with E-state index in [-0.39, 0.29) is 17.6 Å². The topological polar surface area (TPSA) is 84.7 Å². The Morgan fingerprint density at radius 3 is 2.54 bits per heavy atom. The van der Waals surface area contributed by atoms with Gasteiger partial charge in [-0.2, -0.15) is 0 Å². The number of rotatable bonds is 6. The van der Waals surface area contributed by atoms with Gasteiger partial charge in [-0.25, -0.2) is 4.98 Å². The monoisotopic (exact) mass is 383 g/mol. The molecule has 2 aromatic rings. The summed E-state index contributed by atoms with van der Waals surface area (Å²) in [7, 11) is 0. The van der Waals surface area contributed by atoms with Gasteiger partial charge in [-0.15, -0.1) is 0 Å². The van der Waals surface area contributed by atoms with Gasteiger partial charge in [-0.1, -0.05) is 18.2 Å². The molecule has 0 bridgehead atoms. The maximum absolute atomic E-state index is 12.9. The van der Waals surface area contributed by atoms with Crippen molar-refractivity contribution in [2.45, 2.75) is 26.4 Å². The maximum Gasteiger partial charge on any atom is 0.288 e. The number of hydrogen-bond donors (Lipinski definition) is 1. The number of likely N-dealkylation sites (tertiary alicyclic amines) is 1. The predicted molar refractivity (Wildman–Crippen MR) is 102 cm³/mol.